The second-order valence-corrected chi connectivity index (χ2v) is 2.70. The van der Waals surface area contributed by atoms with Crippen molar-refractivity contribution in [1.82, 2.24) is 4.98 Å². The van der Waals surface area contributed by atoms with Crippen LogP contribution in [0.5, 0.6) is 0 Å². The molecule has 0 aliphatic rings. The number of ketones is 1. The standard InChI is InChI=1S/C9H11NO2/c1-6-4-3-5-8(10-6)9(12)7(2)11/h3-5,7,11H,1-2H3. The number of aliphatic hydroxyl groups is 1. The number of Topliss-reactive ketones (excluding diaryl/α,β-unsaturated/α-hetero) is 1. The van der Waals surface area contributed by atoms with Crippen molar-refractivity contribution in [2.45, 2.75) is 20.0 Å². The number of aromatic nitrogens is 1. The first-order valence-electron chi connectivity index (χ1n) is 3.77. The average molecular weight is 165 g/mol. The lowest BCUT2D eigenvalue weighted by Gasteiger charge is -2.02. The highest BCUT2D eigenvalue weighted by molar-refractivity contribution is 5.97. The third-order valence-corrected chi connectivity index (χ3v) is 1.52. The van der Waals surface area contributed by atoms with E-state index in [0.29, 0.717) is 5.69 Å². The summed E-state index contributed by atoms with van der Waals surface area (Å²) in [5.41, 5.74) is 1.10. The van der Waals surface area contributed by atoms with Crippen LogP contribution < -0.4 is 0 Å². The maximum atomic E-state index is 11.2. The van der Waals surface area contributed by atoms with Crippen LogP contribution in [-0.4, -0.2) is 22.0 Å². The third-order valence-electron chi connectivity index (χ3n) is 1.52. The first kappa shape index (κ1) is 8.87. The van der Waals surface area contributed by atoms with Crippen LogP contribution in [0.4, 0.5) is 0 Å². The number of aliphatic hydroxyl groups excluding tert-OH is 1. The Kier molecular flexibility index (Phi) is 2.55. The molecule has 0 saturated heterocycles. The molecule has 1 atom stereocenters. The molecule has 0 radical (unpaired) electrons. The van der Waals surface area contributed by atoms with Gasteiger partial charge in [0.25, 0.3) is 0 Å². The topological polar surface area (TPSA) is 50.2 Å². The van der Waals surface area contributed by atoms with Gasteiger partial charge >= 0.3 is 0 Å². The van der Waals surface area contributed by atoms with E-state index < -0.39 is 6.10 Å². The summed E-state index contributed by atoms with van der Waals surface area (Å²) in [6.45, 7) is 3.24. The van der Waals surface area contributed by atoms with Crippen LogP contribution >= 0.6 is 0 Å². The molecule has 1 rings (SSSR count). The number of aryl methyl sites for hydroxylation is 1. The number of carbonyl (C=O) groups excluding carboxylic acids is 1. The summed E-state index contributed by atoms with van der Waals surface area (Å²) in [4.78, 5) is 15.2. The van der Waals surface area contributed by atoms with Gasteiger partial charge in [-0.1, -0.05) is 6.07 Å². The molecule has 0 saturated carbocycles. The van der Waals surface area contributed by atoms with E-state index in [-0.39, 0.29) is 5.78 Å². The van der Waals surface area contributed by atoms with E-state index in [9.17, 15) is 4.79 Å². The molecule has 64 valence electrons. The highest BCUT2D eigenvalue weighted by atomic mass is 16.3. The van der Waals surface area contributed by atoms with Crippen molar-refractivity contribution >= 4 is 5.78 Å². The number of nitrogens with zero attached hydrogens (tertiary/aromatic N) is 1. The van der Waals surface area contributed by atoms with Gasteiger partial charge in [0.05, 0.1) is 0 Å². The number of hydrogen-bond donors (Lipinski definition) is 1. The van der Waals surface area contributed by atoms with Crippen LogP contribution in [-0.2, 0) is 0 Å². The monoisotopic (exact) mass is 165 g/mol. The predicted octanol–water partition coefficient (Wildman–Crippen LogP) is 0.954. The van der Waals surface area contributed by atoms with Gasteiger partial charge in [0.15, 0.2) is 0 Å². The fourth-order valence-corrected chi connectivity index (χ4v) is 0.894. The van der Waals surface area contributed by atoms with E-state index in [1.54, 1.807) is 25.1 Å². The lowest BCUT2D eigenvalue weighted by Crippen LogP contribution is -2.17. The van der Waals surface area contributed by atoms with Crippen molar-refractivity contribution in [2.75, 3.05) is 0 Å². The molecule has 0 aliphatic heterocycles. The van der Waals surface area contributed by atoms with Crippen LogP contribution in [0.15, 0.2) is 18.2 Å². The van der Waals surface area contributed by atoms with Gasteiger partial charge in [0.2, 0.25) is 5.78 Å². The minimum absolute atomic E-state index is 0.324. The Hall–Kier alpha value is -1.22. The zero-order chi connectivity index (χ0) is 9.14. The smallest absolute Gasteiger partial charge is 0.209 e. The molecule has 1 aromatic heterocycles. The van der Waals surface area contributed by atoms with Crippen molar-refractivity contribution in [3.05, 3.63) is 29.6 Å². The molecule has 0 bridgehead atoms. The molecule has 12 heavy (non-hydrogen) atoms. The number of carbonyl (C=O) groups is 1. The largest absolute Gasteiger partial charge is 0.385 e. The van der Waals surface area contributed by atoms with Gasteiger partial charge in [-0.25, -0.2) is 4.98 Å². The normalized spacial score (nSPS) is 12.6. The lowest BCUT2D eigenvalue weighted by molar-refractivity contribution is 0.0774. The minimum Gasteiger partial charge on any atom is -0.385 e. The molecule has 0 fully saturated rings. The van der Waals surface area contributed by atoms with Crippen molar-refractivity contribution in [1.29, 1.82) is 0 Å². The van der Waals surface area contributed by atoms with Crippen LogP contribution in [0.25, 0.3) is 0 Å². The summed E-state index contributed by atoms with van der Waals surface area (Å²) >= 11 is 0. The summed E-state index contributed by atoms with van der Waals surface area (Å²) in [7, 11) is 0. The Morgan fingerprint density at radius 1 is 1.58 bits per heavy atom. The van der Waals surface area contributed by atoms with Crippen LogP contribution in [0.2, 0.25) is 0 Å². The fraction of sp³-hybridized carbons (Fsp3) is 0.333. The maximum Gasteiger partial charge on any atom is 0.209 e. The van der Waals surface area contributed by atoms with E-state index in [4.69, 9.17) is 5.11 Å². The van der Waals surface area contributed by atoms with Crippen molar-refractivity contribution in [3.8, 4) is 0 Å². The Bertz CT molecular complexity index is 294. The van der Waals surface area contributed by atoms with Gasteiger partial charge in [-0.15, -0.1) is 0 Å². The fourth-order valence-electron chi connectivity index (χ4n) is 0.894. The number of hydrogen-bond acceptors (Lipinski definition) is 3. The molecule has 3 heteroatoms. The molecule has 3 nitrogen and oxygen atoms in total. The molecule has 1 heterocycles. The Morgan fingerprint density at radius 2 is 2.25 bits per heavy atom. The van der Waals surface area contributed by atoms with E-state index >= 15 is 0 Å². The molecule has 0 amide bonds. The van der Waals surface area contributed by atoms with Crippen molar-refractivity contribution in [3.63, 3.8) is 0 Å². The minimum atomic E-state index is -0.973. The van der Waals surface area contributed by atoms with Gasteiger partial charge < -0.3 is 5.11 Å². The molecular weight excluding hydrogens is 154 g/mol. The summed E-state index contributed by atoms with van der Waals surface area (Å²) < 4.78 is 0. The van der Waals surface area contributed by atoms with Gasteiger partial charge in [-0.3, -0.25) is 4.79 Å². The molecule has 0 aliphatic carbocycles. The highest BCUT2D eigenvalue weighted by Gasteiger charge is 2.12. The second-order valence-electron chi connectivity index (χ2n) is 2.70. The second kappa shape index (κ2) is 3.45. The summed E-state index contributed by atoms with van der Waals surface area (Å²) in [6.07, 6.45) is -0.973. The predicted molar refractivity (Wildman–Crippen MR) is 45.0 cm³/mol. The Labute approximate surface area is 71.1 Å². The molecule has 1 aromatic rings. The van der Waals surface area contributed by atoms with Crippen molar-refractivity contribution in [2.24, 2.45) is 0 Å². The van der Waals surface area contributed by atoms with Gasteiger partial charge in [-0.05, 0) is 26.0 Å². The maximum absolute atomic E-state index is 11.2. The zero-order valence-electron chi connectivity index (χ0n) is 7.11. The summed E-state index contributed by atoms with van der Waals surface area (Å²) in [5.74, 6) is -0.335. The quantitative estimate of drug-likeness (QED) is 0.664. The lowest BCUT2D eigenvalue weighted by atomic mass is 10.2. The number of rotatable bonds is 2. The van der Waals surface area contributed by atoms with E-state index in [1.165, 1.54) is 6.92 Å². The van der Waals surface area contributed by atoms with E-state index in [0.717, 1.165) is 5.69 Å². The van der Waals surface area contributed by atoms with Gasteiger partial charge in [-0.2, -0.15) is 0 Å². The first-order chi connectivity index (χ1) is 5.61. The third kappa shape index (κ3) is 1.89. The average Bonchev–Trinajstić information content (AvgIpc) is 2.03. The van der Waals surface area contributed by atoms with Gasteiger partial charge in [0.1, 0.15) is 11.8 Å². The summed E-state index contributed by atoms with van der Waals surface area (Å²) in [5, 5.41) is 8.98. The Morgan fingerprint density at radius 3 is 2.75 bits per heavy atom. The van der Waals surface area contributed by atoms with Crippen LogP contribution in [0.1, 0.15) is 23.1 Å². The summed E-state index contributed by atoms with van der Waals surface area (Å²) in [6, 6.07) is 5.15. The molecular formula is C9H11NO2. The highest BCUT2D eigenvalue weighted by Crippen LogP contribution is 2.01. The SMILES string of the molecule is Cc1cccc(C(=O)C(C)O)n1. The Balaban J connectivity index is 2.96. The first-order valence-corrected chi connectivity index (χ1v) is 3.77. The molecule has 0 spiro atoms. The van der Waals surface area contributed by atoms with Crippen LogP contribution in [0, 0.1) is 6.92 Å². The van der Waals surface area contributed by atoms with Gasteiger partial charge in [0, 0.05) is 5.69 Å². The van der Waals surface area contributed by atoms with Crippen LogP contribution in [0.3, 0.4) is 0 Å². The zero-order valence-corrected chi connectivity index (χ0v) is 7.11. The molecule has 1 unspecified atom stereocenters. The number of pyridine rings is 1. The van der Waals surface area contributed by atoms with E-state index in [1.807, 2.05) is 0 Å². The molecule has 0 aromatic carbocycles. The van der Waals surface area contributed by atoms with E-state index in [2.05, 4.69) is 4.98 Å². The molecule has 1 N–H and O–H groups in total. The van der Waals surface area contributed by atoms with Crippen molar-refractivity contribution < 1.29 is 9.90 Å².